The van der Waals surface area contributed by atoms with E-state index in [1.807, 2.05) is 0 Å². The van der Waals surface area contributed by atoms with Gasteiger partial charge in [-0.3, -0.25) is 4.79 Å². The number of hydrogen-bond donors (Lipinski definition) is 2. The molecule has 0 bridgehead atoms. The lowest BCUT2D eigenvalue weighted by atomic mass is 9.88. The summed E-state index contributed by atoms with van der Waals surface area (Å²) in [6.45, 7) is 4.43. The van der Waals surface area contributed by atoms with Crippen molar-refractivity contribution in [3.63, 3.8) is 0 Å². The Bertz CT molecular complexity index is 174. The molecule has 12 heavy (non-hydrogen) atoms. The van der Waals surface area contributed by atoms with E-state index >= 15 is 0 Å². The molecule has 0 saturated heterocycles. The van der Waals surface area contributed by atoms with Crippen LogP contribution in [0.2, 0.25) is 0 Å². The van der Waals surface area contributed by atoms with Gasteiger partial charge in [0, 0.05) is 6.42 Å². The molecule has 0 aliphatic heterocycles. The Morgan fingerprint density at radius 3 is 1.92 bits per heavy atom. The van der Waals surface area contributed by atoms with Crippen molar-refractivity contribution < 1.29 is 15.0 Å². The Labute approximate surface area is 77.3 Å². The molecule has 0 spiro atoms. The number of rotatable bonds is 4. The first-order chi connectivity index (χ1) is 5.29. The number of ketones is 1. The fourth-order valence-corrected chi connectivity index (χ4v) is 1.31. The Balaban J connectivity index is 4.80. The van der Waals surface area contributed by atoms with Crippen molar-refractivity contribution in [1.29, 1.82) is 0 Å². The van der Waals surface area contributed by atoms with Gasteiger partial charge in [0.15, 0.2) is 16.4 Å². The van der Waals surface area contributed by atoms with Crippen molar-refractivity contribution in [3.05, 3.63) is 0 Å². The molecule has 0 heterocycles. The lowest BCUT2D eigenvalue weighted by Gasteiger charge is -2.34. The van der Waals surface area contributed by atoms with Gasteiger partial charge in [-0.1, -0.05) is 25.4 Å². The van der Waals surface area contributed by atoms with E-state index in [1.54, 1.807) is 13.8 Å². The zero-order chi connectivity index (χ0) is 9.99. The van der Waals surface area contributed by atoms with E-state index < -0.39 is 16.4 Å². The molecule has 0 aromatic heterocycles. The highest BCUT2D eigenvalue weighted by atomic mass is 35.5. The van der Waals surface area contributed by atoms with Crippen molar-refractivity contribution in [3.8, 4) is 0 Å². The minimum atomic E-state index is -1.89. The third kappa shape index (κ3) is 1.97. The highest BCUT2D eigenvalue weighted by Crippen LogP contribution is 2.31. The number of Topliss-reactive ketones (excluding diaryl/α,β-unsaturated/α-hetero) is 1. The first-order valence-corrected chi connectivity index (χ1v) is 4.34. The van der Waals surface area contributed by atoms with Crippen molar-refractivity contribution in [2.24, 2.45) is 0 Å². The number of carbonyl (C=O) groups is 1. The minimum absolute atomic E-state index is 0.107. The van der Waals surface area contributed by atoms with Crippen LogP contribution in [0.25, 0.3) is 0 Å². The molecule has 0 amide bonds. The molecule has 0 saturated carbocycles. The summed E-state index contributed by atoms with van der Waals surface area (Å²) in [5.41, 5.74) is -1.83. The van der Waals surface area contributed by atoms with Crippen molar-refractivity contribution in [2.75, 3.05) is 0 Å². The first kappa shape index (κ1) is 11.9. The summed E-state index contributed by atoms with van der Waals surface area (Å²) in [4.78, 5) is 11.2. The third-order valence-electron chi connectivity index (χ3n) is 2.05. The Kier molecular flexibility index (Phi) is 3.69. The van der Waals surface area contributed by atoms with Crippen LogP contribution >= 0.6 is 11.6 Å². The monoisotopic (exact) mass is 194 g/mol. The Morgan fingerprint density at radius 2 is 1.83 bits per heavy atom. The fraction of sp³-hybridized carbons (Fsp3) is 0.875. The first-order valence-electron chi connectivity index (χ1n) is 3.96. The van der Waals surface area contributed by atoms with E-state index in [0.29, 0.717) is 0 Å². The second-order valence-corrected chi connectivity index (χ2v) is 3.68. The predicted molar refractivity (Wildman–Crippen MR) is 47.0 cm³/mol. The summed E-state index contributed by atoms with van der Waals surface area (Å²) in [5.74, 6) is -0.440. The molecule has 0 unspecified atom stereocenters. The predicted octanol–water partition coefficient (Wildman–Crippen LogP) is 1.05. The molecule has 0 aromatic carbocycles. The maximum absolute atomic E-state index is 11.2. The zero-order valence-corrected chi connectivity index (χ0v) is 8.35. The molecule has 0 rings (SSSR count). The Hall–Kier alpha value is -0.120. The molecule has 0 fully saturated rings. The van der Waals surface area contributed by atoms with Gasteiger partial charge >= 0.3 is 0 Å². The number of halogens is 1. The average Bonchev–Trinajstić information content (AvgIpc) is 1.99. The number of hydrogen-bond acceptors (Lipinski definition) is 3. The van der Waals surface area contributed by atoms with Gasteiger partial charge in [0.25, 0.3) is 0 Å². The van der Waals surface area contributed by atoms with E-state index in [4.69, 9.17) is 11.6 Å². The summed E-state index contributed by atoms with van der Waals surface area (Å²) >= 11 is 5.50. The van der Waals surface area contributed by atoms with Crippen LogP contribution in [0.5, 0.6) is 0 Å². The van der Waals surface area contributed by atoms with Crippen LogP contribution in [0.3, 0.4) is 0 Å². The standard InChI is InChI=1S/C8H15ClO3/c1-4-6(10)8(12,5-2)7(3,9)11/h11-12H,4-5H2,1-3H3/t7-,8+/m0/s1. The van der Waals surface area contributed by atoms with Crippen LogP contribution in [0.1, 0.15) is 33.6 Å². The van der Waals surface area contributed by atoms with Crippen LogP contribution in [0, 0.1) is 0 Å². The lowest BCUT2D eigenvalue weighted by molar-refractivity contribution is -0.154. The summed E-state index contributed by atoms with van der Waals surface area (Å²) in [5, 5.41) is 17.1. The number of alkyl halides is 1. The van der Waals surface area contributed by atoms with Crippen LogP contribution in [0.15, 0.2) is 0 Å². The highest BCUT2D eigenvalue weighted by molar-refractivity contribution is 6.25. The molecule has 3 nitrogen and oxygen atoms in total. The third-order valence-corrected chi connectivity index (χ3v) is 2.36. The molecule has 0 aromatic rings. The van der Waals surface area contributed by atoms with Crippen LogP contribution in [-0.4, -0.2) is 26.7 Å². The van der Waals surface area contributed by atoms with Gasteiger partial charge in [0.2, 0.25) is 0 Å². The fourth-order valence-electron chi connectivity index (χ4n) is 1.07. The second-order valence-electron chi connectivity index (χ2n) is 2.94. The topological polar surface area (TPSA) is 57.5 Å². The van der Waals surface area contributed by atoms with Gasteiger partial charge in [-0.05, 0) is 13.3 Å². The summed E-state index contributed by atoms with van der Waals surface area (Å²) in [7, 11) is 0. The normalized spacial score (nSPS) is 21.2. The maximum Gasteiger partial charge on any atom is 0.171 e. The molecule has 2 N–H and O–H groups in total. The van der Waals surface area contributed by atoms with Crippen LogP contribution in [-0.2, 0) is 4.79 Å². The molecule has 0 aliphatic carbocycles. The molecule has 72 valence electrons. The lowest BCUT2D eigenvalue weighted by Crippen LogP contribution is -2.53. The van der Waals surface area contributed by atoms with E-state index in [-0.39, 0.29) is 12.8 Å². The quantitative estimate of drug-likeness (QED) is 0.658. The summed E-state index contributed by atoms with van der Waals surface area (Å²) in [6.07, 6.45) is 0.267. The minimum Gasteiger partial charge on any atom is -0.378 e. The summed E-state index contributed by atoms with van der Waals surface area (Å²) in [6, 6.07) is 0. The van der Waals surface area contributed by atoms with Gasteiger partial charge in [0.05, 0.1) is 0 Å². The number of carbonyl (C=O) groups excluding carboxylic acids is 1. The molecule has 0 aliphatic rings. The number of aliphatic hydroxyl groups is 2. The van der Waals surface area contributed by atoms with Crippen molar-refractivity contribution in [2.45, 2.75) is 44.3 Å². The maximum atomic E-state index is 11.2. The van der Waals surface area contributed by atoms with Crippen molar-refractivity contribution in [1.82, 2.24) is 0 Å². The van der Waals surface area contributed by atoms with E-state index in [2.05, 4.69) is 0 Å². The van der Waals surface area contributed by atoms with Crippen molar-refractivity contribution >= 4 is 17.4 Å². The smallest absolute Gasteiger partial charge is 0.171 e. The van der Waals surface area contributed by atoms with E-state index in [9.17, 15) is 15.0 Å². The van der Waals surface area contributed by atoms with Crippen LogP contribution in [0.4, 0.5) is 0 Å². The van der Waals surface area contributed by atoms with Gasteiger partial charge in [-0.15, -0.1) is 0 Å². The Morgan fingerprint density at radius 1 is 1.42 bits per heavy atom. The van der Waals surface area contributed by atoms with E-state index in [1.165, 1.54) is 6.92 Å². The van der Waals surface area contributed by atoms with Gasteiger partial charge in [0.1, 0.15) is 0 Å². The van der Waals surface area contributed by atoms with E-state index in [0.717, 1.165) is 0 Å². The molecule has 2 atom stereocenters. The zero-order valence-electron chi connectivity index (χ0n) is 7.59. The van der Waals surface area contributed by atoms with Gasteiger partial charge < -0.3 is 10.2 Å². The molecule has 4 heteroatoms. The average molecular weight is 195 g/mol. The van der Waals surface area contributed by atoms with Crippen LogP contribution < -0.4 is 0 Å². The molecule has 0 radical (unpaired) electrons. The summed E-state index contributed by atoms with van der Waals surface area (Å²) < 4.78 is 0. The SMILES string of the molecule is CCC(=O)[C@](O)(CC)[C@](C)(O)Cl. The highest BCUT2D eigenvalue weighted by Gasteiger charge is 2.48. The molecular weight excluding hydrogens is 180 g/mol. The van der Waals surface area contributed by atoms with Gasteiger partial charge in [-0.2, -0.15) is 0 Å². The largest absolute Gasteiger partial charge is 0.378 e. The second kappa shape index (κ2) is 3.73. The molecular formula is C8H15ClO3. The van der Waals surface area contributed by atoms with Gasteiger partial charge in [-0.25, -0.2) is 0 Å².